The molecule has 0 aliphatic rings. The van der Waals surface area contributed by atoms with E-state index in [2.05, 4.69) is 106 Å². The number of rotatable bonds is 62. The molecule has 0 N–H and O–H groups in total. The maximum absolute atomic E-state index is 12.9. The Morgan fingerprint density at radius 1 is 0.266 bits per heavy atom. The fraction of sp³-hybridized carbons (Fsp3) is 0.767. The van der Waals surface area contributed by atoms with Crippen LogP contribution in [0.4, 0.5) is 0 Å². The molecule has 6 heteroatoms. The average molecular weight is 1100 g/mol. The molecule has 0 aromatic heterocycles. The van der Waals surface area contributed by atoms with Gasteiger partial charge in [-0.2, -0.15) is 0 Å². The number of esters is 3. The smallest absolute Gasteiger partial charge is 0.306 e. The summed E-state index contributed by atoms with van der Waals surface area (Å²) in [5.41, 5.74) is 0. The highest BCUT2D eigenvalue weighted by Crippen LogP contribution is 2.18. The van der Waals surface area contributed by atoms with Gasteiger partial charge in [-0.25, -0.2) is 0 Å². The van der Waals surface area contributed by atoms with Crippen LogP contribution in [-0.4, -0.2) is 37.2 Å². The lowest BCUT2D eigenvalue weighted by Gasteiger charge is -2.18. The molecule has 6 nitrogen and oxygen atoms in total. The summed E-state index contributed by atoms with van der Waals surface area (Å²) in [5.74, 6) is -0.963. The van der Waals surface area contributed by atoms with Crippen molar-refractivity contribution in [2.24, 2.45) is 0 Å². The number of carbonyl (C=O) groups excluding carboxylic acids is 3. The predicted molar refractivity (Wildman–Crippen MR) is 344 cm³/mol. The van der Waals surface area contributed by atoms with E-state index in [1.54, 1.807) is 0 Å². The van der Waals surface area contributed by atoms with Crippen molar-refractivity contribution in [1.29, 1.82) is 0 Å². The van der Waals surface area contributed by atoms with Crippen molar-refractivity contribution in [3.63, 3.8) is 0 Å². The average Bonchev–Trinajstić information content (AvgIpc) is 3.45. The van der Waals surface area contributed by atoms with E-state index in [0.717, 1.165) is 103 Å². The van der Waals surface area contributed by atoms with Crippen LogP contribution in [0.25, 0.3) is 0 Å². The third-order valence-corrected chi connectivity index (χ3v) is 14.9. The van der Waals surface area contributed by atoms with Gasteiger partial charge in [-0.3, -0.25) is 14.4 Å². The summed E-state index contributed by atoms with van der Waals surface area (Å²) in [6.45, 7) is 6.39. The van der Waals surface area contributed by atoms with Crippen LogP contribution in [0, 0.1) is 0 Å². The zero-order valence-corrected chi connectivity index (χ0v) is 52.4. The molecule has 0 amide bonds. The number of allylic oxidation sites excluding steroid dienone is 14. The van der Waals surface area contributed by atoms with Crippen molar-refractivity contribution in [3.8, 4) is 0 Å². The minimum Gasteiger partial charge on any atom is -0.462 e. The molecule has 79 heavy (non-hydrogen) atoms. The second kappa shape index (κ2) is 67.1. The first-order valence-corrected chi connectivity index (χ1v) is 34.1. The molecule has 0 spiro atoms. The lowest BCUT2D eigenvalue weighted by molar-refractivity contribution is -0.167. The van der Waals surface area contributed by atoms with Crippen LogP contribution in [0.1, 0.15) is 342 Å². The molecule has 0 heterocycles. The topological polar surface area (TPSA) is 78.9 Å². The van der Waals surface area contributed by atoms with Gasteiger partial charge in [-0.05, 0) is 89.9 Å². The first-order valence-electron chi connectivity index (χ1n) is 34.1. The van der Waals surface area contributed by atoms with E-state index in [9.17, 15) is 14.4 Å². The summed E-state index contributed by atoms with van der Waals surface area (Å²) in [6, 6.07) is 0. The van der Waals surface area contributed by atoms with Crippen molar-refractivity contribution in [2.45, 2.75) is 348 Å². The standard InChI is InChI=1S/C73H128O6/c1-4-7-10-13-16-19-22-25-27-28-29-30-31-32-33-34-35-36-37-38-39-40-41-42-43-44-46-48-51-54-57-60-63-66-72(75)78-69-70(68-77-71(74)65-62-59-56-53-50-47-24-21-18-15-12-9-6-3)79-73(76)67-64-61-58-55-52-49-45-26-23-20-17-14-11-8-5-2/h8-9,11-12,17-18,20-21,26,45,47,50,52,55,70H,4-7,10,13-16,19,22-25,27-44,46,48-49,51,53-54,56-69H2,1-3H3/b11-8-,12-9-,20-17-,21-18-,45-26-,50-47-,55-52-. The van der Waals surface area contributed by atoms with E-state index in [1.165, 1.54) is 193 Å². The van der Waals surface area contributed by atoms with E-state index in [4.69, 9.17) is 14.2 Å². The molecule has 0 fully saturated rings. The molecule has 1 atom stereocenters. The first kappa shape index (κ1) is 75.6. The first-order chi connectivity index (χ1) is 39.0. The van der Waals surface area contributed by atoms with Gasteiger partial charge in [-0.1, -0.05) is 318 Å². The van der Waals surface area contributed by atoms with Crippen LogP contribution in [0.3, 0.4) is 0 Å². The van der Waals surface area contributed by atoms with Gasteiger partial charge in [-0.15, -0.1) is 0 Å². The van der Waals surface area contributed by atoms with Gasteiger partial charge in [0.25, 0.3) is 0 Å². The van der Waals surface area contributed by atoms with E-state index in [1.807, 2.05) is 0 Å². The molecule has 0 radical (unpaired) electrons. The quantitative estimate of drug-likeness (QED) is 0.0261. The number of unbranched alkanes of at least 4 members (excludes halogenated alkanes) is 37. The minimum atomic E-state index is -0.810. The Hall–Kier alpha value is -3.41. The van der Waals surface area contributed by atoms with Gasteiger partial charge in [0.1, 0.15) is 13.2 Å². The van der Waals surface area contributed by atoms with Crippen molar-refractivity contribution in [3.05, 3.63) is 85.1 Å². The summed E-state index contributed by atoms with van der Waals surface area (Å²) in [4.78, 5) is 38.2. The summed E-state index contributed by atoms with van der Waals surface area (Å²) < 4.78 is 16.8. The third kappa shape index (κ3) is 65.3. The van der Waals surface area contributed by atoms with Crippen LogP contribution in [0.2, 0.25) is 0 Å². The number of carbonyl (C=O) groups is 3. The molecule has 0 aliphatic carbocycles. The number of hydrogen-bond donors (Lipinski definition) is 0. The highest BCUT2D eigenvalue weighted by Gasteiger charge is 2.19. The van der Waals surface area contributed by atoms with E-state index >= 15 is 0 Å². The van der Waals surface area contributed by atoms with Gasteiger partial charge in [0.05, 0.1) is 0 Å². The third-order valence-electron chi connectivity index (χ3n) is 14.9. The minimum absolute atomic E-state index is 0.101. The van der Waals surface area contributed by atoms with Crippen molar-refractivity contribution in [1.82, 2.24) is 0 Å². The van der Waals surface area contributed by atoms with Crippen LogP contribution >= 0.6 is 0 Å². The molecular formula is C73H128O6. The fourth-order valence-electron chi connectivity index (χ4n) is 9.86. The zero-order chi connectivity index (χ0) is 57.1. The van der Waals surface area contributed by atoms with Crippen LogP contribution < -0.4 is 0 Å². The summed E-state index contributed by atoms with van der Waals surface area (Å²) in [7, 11) is 0. The SMILES string of the molecule is CC/C=C\C/C=C\C/C=C\C/C=C\CCCCC(=O)OC(COC(=O)CCCCC/C=C\C/C=C\C/C=C\CC)COC(=O)CCCCCCCCCCCCCCCCCCCCCCCCCCCCCCCCCCC. The predicted octanol–water partition coefficient (Wildman–Crippen LogP) is 23.4. The van der Waals surface area contributed by atoms with E-state index < -0.39 is 6.10 Å². The zero-order valence-electron chi connectivity index (χ0n) is 52.4. The molecule has 0 aliphatic heterocycles. The van der Waals surface area contributed by atoms with Gasteiger partial charge in [0, 0.05) is 19.3 Å². The second-order valence-corrected chi connectivity index (χ2v) is 22.7. The Kier molecular flexibility index (Phi) is 64.2. The number of hydrogen-bond acceptors (Lipinski definition) is 6. The molecule has 456 valence electrons. The summed E-state index contributed by atoms with van der Waals surface area (Å²) in [5, 5.41) is 0. The molecule has 0 saturated heterocycles. The monoisotopic (exact) mass is 1100 g/mol. The van der Waals surface area contributed by atoms with Crippen LogP contribution in [0.15, 0.2) is 85.1 Å². The van der Waals surface area contributed by atoms with Gasteiger partial charge >= 0.3 is 17.9 Å². The van der Waals surface area contributed by atoms with Gasteiger partial charge in [0.2, 0.25) is 0 Å². The van der Waals surface area contributed by atoms with Gasteiger partial charge < -0.3 is 14.2 Å². The summed E-state index contributed by atoms with van der Waals surface area (Å²) in [6.07, 6.45) is 89.3. The maximum atomic E-state index is 12.9. The highest BCUT2D eigenvalue weighted by molar-refractivity contribution is 5.71. The van der Waals surface area contributed by atoms with Crippen molar-refractivity contribution < 1.29 is 28.6 Å². The lowest BCUT2D eigenvalue weighted by Crippen LogP contribution is -2.30. The fourth-order valence-corrected chi connectivity index (χ4v) is 9.86. The van der Waals surface area contributed by atoms with Crippen LogP contribution in [0.5, 0.6) is 0 Å². The Bertz CT molecular complexity index is 1500. The normalized spacial score (nSPS) is 12.6. The Morgan fingerprint density at radius 3 is 0.797 bits per heavy atom. The maximum Gasteiger partial charge on any atom is 0.306 e. The summed E-state index contributed by atoms with van der Waals surface area (Å²) >= 11 is 0. The van der Waals surface area contributed by atoms with E-state index in [-0.39, 0.29) is 37.5 Å². The molecule has 0 rings (SSSR count). The van der Waals surface area contributed by atoms with Gasteiger partial charge in [0.15, 0.2) is 6.10 Å². The lowest BCUT2D eigenvalue weighted by atomic mass is 10.0. The van der Waals surface area contributed by atoms with Crippen molar-refractivity contribution >= 4 is 17.9 Å². The molecule has 0 saturated carbocycles. The Labute approximate surface area is 490 Å². The Balaban J connectivity index is 4.13. The number of ether oxygens (including phenoxy) is 3. The van der Waals surface area contributed by atoms with Crippen molar-refractivity contribution in [2.75, 3.05) is 13.2 Å². The highest BCUT2D eigenvalue weighted by atomic mass is 16.6. The second-order valence-electron chi connectivity index (χ2n) is 22.7. The molecule has 0 bridgehead atoms. The van der Waals surface area contributed by atoms with E-state index in [0.29, 0.717) is 19.3 Å². The Morgan fingerprint density at radius 2 is 0.494 bits per heavy atom. The molecule has 0 aromatic rings. The van der Waals surface area contributed by atoms with Crippen LogP contribution in [-0.2, 0) is 28.6 Å². The largest absolute Gasteiger partial charge is 0.462 e. The molecule has 1 unspecified atom stereocenters. The molecular weight excluding hydrogens is 973 g/mol. The molecule has 0 aromatic carbocycles.